The molecule has 0 aliphatic heterocycles. The maximum Gasteiger partial charge on any atom is 0.109 e. The van der Waals surface area contributed by atoms with Gasteiger partial charge in [-0.1, -0.05) is 11.6 Å². The number of hydrogen-bond donors (Lipinski definition) is 1. The molecule has 14 heavy (non-hydrogen) atoms. The van der Waals surface area contributed by atoms with E-state index in [-0.39, 0.29) is 5.16 Å². The van der Waals surface area contributed by atoms with Crippen molar-refractivity contribution >= 4 is 43.4 Å². The van der Waals surface area contributed by atoms with E-state index >= 15 is 0 Å². The van der Waals surface area contributed by atoms with Crippen LogP contribution in [-0.4, -0.2) is 15.2 Å². The summed E-state index contributed by atoms with van der Waals surface area (Å²) < 4.78 is 1.15. The van der Waals surface area contributed by atoms with Gasteiger partial charge >= 0.3 is 0 Å². The lowest BCUT2D eigenvalue weighted by Crippen LogP contribution is -2.32. The fourth-order valence-electron chi connectivity index (χ4n) is 1.18. The minimum atomic E-state index is -0.240. The van der Waals surface area contributed by atoms with E-state index in [2.05, 4.69) is 4.98 Å². The summed E-state index contributed by atoms with van der Waals surface area (Å²) in [6.45, 7) is 2.01. The number of nitrogens with zero attached hydrogens (tertiary/aromatic N) is 1. The molecule has 0 fully saturated rings. The number of nitrogens with two attached hydrogens (primary N) is 1. The minimum absolute atomic E-state index is 0.240. The summed E-state index contributed by atoms with van der Waals surface area (Å²) in [5, 5.41) is 1.48. The van der Waals surface area contributed by atoms with Crippen molar-refractivity contribution in [1.82, 2.24) is 4.98 Å². The molecule has 2 rings (SSSR count). The van der Waals surface area contributed by atoms with Gasteiger partial charge < -0.3 is 5.73 Å². The van der Waals surface area contributed by atoms with Crippen LogP contribution in [0.25, 0.3) is 10.2 Å². The molecule has 0 aliphatic rings. The summed E-state index contributed by atoms with van der Waals surface area (Å²) in [7, 11) is 0.895. The molecule has 0 bridgehead atoms. The van der Waals surface area contributed by atoms with Crippen LogP contribution in [0, 0.1) is 0 Å². The highest BCUT2D eigenvalue weighted by Gasteiger charge is 2.18. The van der Waals surface area contributed by atoms with Gasteiger partial charge in [-0.05, 0) is 25.1 Å². The van der Waals surface area contributed by atoms with E-state index in [1.807, 2.05) is 25.1 Å². The highest BCUT2D eigenvalue weighted by molar-refractivity contribution is 7.18. The average Bonchev–Trinajstić information content (AvgIpc) is 2.45. The van der Waals surface area contributed by atoms with Crippen LogP contribution in [0.2, 0.25) is 5.02 Å². The molecule has 0 saturated heterocycles. The molecule has 0 saturated carbocycles. The van der Waals surface area contributed by atoms with Crippen molar-refractivity contribution in [3.8, 4) is 0 Å². The predicted octanol–water partition coefficient (Wildman–Crippen LogP) is 1.45. The van der Waals surface area contributed by atoms with Gasteiger partial charge in [0.2, 0.25) is 0 Å². The van der Waals surface area contributed by atoms with Crippen molar-refractivity contribution in [2.45, 2.75) is 12.1 Å². The Balaban J connectivity index is 2.63. The average molecular weight is 243 g/mol. The van der Waals surface area contributed by atoms with Gasteiger partial charge in [0.05, 0.1) is 10.2 Å². The fraction of sp³-hybridized carbons (Fsp3) is 0.222. The summed E-state index contributed by atoms with van der Waals surface area (Å²) in [4.78, 5) is 4.49. The van der Waals surface area contributed by atoms with E-state index in [0.29, 0.717) is 0 Å². The molecule has 0 radical (unpaired) electrons. The van der Waals surface area contributed by atoms with E-state index in [1.165, 1.54) is 0 Å². The van der Waals surface area contributed by atoms with Crippen LogP contribution in [0.3, 0.4) is 0 Å². The van der Waals surface area contributed by atoms with E-state index in [0.717, 1.165) is 30.5 Å². The summed E-state index contributed by atoms with van der Waals surface area (Å²) >= 11 is 7.54. The summed E-state index contributed by atoms with van der Waals surface area (Å²) in [6, 6.07) is 5.75. The van der Waals surface area contributed by atoms with Crippen LogP contribution in [-0.2, 0) is 5.16 Å². The van der Waals surface area contributed by atoms with Crippen LogP contribution in [0.1, 0.15) is 11.9 Å². The Morgan fingerprint density at radius 1 is 1.57 bits per heavy atom. The van der Waals surface area contributed by atoms with Gasteiger partial charge in [0.15, 0.2) is 0 Å². The lowest BCUT2D eigenvalue weighted by molar-refractivity contribution is 0.714. The third kappa shape index (κ3) is 1.83. The second kappa shape index (κ2) is 3.31. The van der Waals surface area contributed by atoms with Crippen molar-refractivity contribution in [2.75, 3.05) is 0 Å². The summed E-state index contributed by atoms with van der Waals surface area (Å²) in [5.41, 5.74) is 6.98. The van der Waals surface area contributed by atoms with Gasteiger partial charge in [-0.3, -0.25) is 0 Å². The van der Waals surface area contributed by atoms with Gasteiger partial charge in [-0.15, -0.1) is 11.3 Å². The highest BCUT2D eigenvalue weighted by Crippen LogP contribution is 2.28. The van der Waals surface area contributed by atoms with Crippen molar-refractivity contribution < 1.29 is 0 Å². The third-order valence-electron chi connectivity index (χ3n) is 1.90. The number of aromatic nitrogens is 1. The van der Waals surface area contributed by atoms with Gasteiger partial charge in [0, 0.05) is 20.4 Å². The second-order valence-corrected chi connectivity index (χ2v) is 7.40. The Labute approximate surface area is 94.5 Å². The Morgan fingerprint density at radius 3 is 2.93 bits per heavy atom. The van der Waals surface area contributed by atoms with Crippen molar-refractivity contribution in [3.63, 3.8) is 0 Å². The molecule has 1 atom stereocenters. The van der Waals surface area contributed by atoms with Crippen molar-refractivity contribution in [1.29, 1.82) is 0 Å². The molecule has 1 heterocycles. The Hall–Kier alpha value is -0.423. The topological polar surface area (TPSA) is 38.9 Å². The standard InChI is InChI=1S/C9H11ClN2SSi/c1-9(11,14)8-12-6-4-5(10)2-3-7(6)13-8/h2-4H,11H2,1,14H3. The van der Waals surface area contributed by atoms with Crippen LogP contribution in [0.4, 0.5) is 0 Å². The molecule has 1 aromatic carbocycles. The lowest BCUT2D eigenvalue weighted by Gasteiger charge is -2.13. The first kappa shape index (κ1) is 10.1. The van der Waals surface area contributed by atoms with Gasteiger partial charge in [-0.2, -0.15) is 0 Å². The van der Waals surface area contributed by atoms with E-state index in [1.54, 1.807) is 11.3 Å². The molecular formula is C9H11ClN2SSi. The van der Waals surface area contributed by atoms with Gasteiger partial charge in [-0.25, -0.2) is 4.98 Å². The molecule has 2 N–H and O–H groups in total. The molecule has 2 aromatic rings. The first-order valence-corrected chi connectivity index (χ1v) is 6.52. The molecule has 0 amide bonds. The number of halogens is 1. The predicted molar refractivity (Wildman–Crippen MR) is 66.1 cm³/mol. The molecule has 5 heteroatoms. The minimum Gasteiger partial charge on any atom is -0.323 e. The van der Waals surface area contributed by atoms with Gasteiger partial charge in [0.1, 0.15) is 5.01 Å². The van der Waals surface area contributed by atoms with Crippen molar-refractivity contribution in [2.24, 2.45) is 5.73 Å². The number of fused-ring (bicyclic) bond motifs is 1. The Morgan fingerprint density at radius 2 is 2.29 bits per heavy atom. The van der Waals surface area contributed by atoms with E-state index in [4.69, 9.17) is 17.3 Å². The van der Waals surface area contributed by atoms with Crippen LogP contribution >= 0.6 is 22.9 Å². The SMILES string of the molecule is CC(N)([SiH3])c1nc2cc(Cl)ccc2s1. The zero-order valence-electron chi connectivity index (χ0n) is 8.04. The smallest absolute Gasteiger partial charge is 0.109 e. The van der Waals surface area contributed by atoms with Crippen LogP contribution in [0.5, 0.6) is 0 Å². The molecule has 1 unspecified atom stereocenters. The van der Waals surface area contributed by atoms with Crippen molar-refractivity contribution in [3.05, 3.63) is 28.2 Å². The Kier molecular flexibility index (Phi) is 2.39. The second-order valence-electron chi connectivity index (χ2n) is 3.85. The fourth-order valence-corrected chi connectivity index (χ4v) is 2.72. The van der Waals surface area contributed by atoms with Crippen LogP contribution in [0.15, 0.2) is 18.2 Å². The Bertz CT molecular complexity index is 475. The maximum atomic E-state index is 6.04. The first-order chi connectivity index (χ1) is 6.47. The number of thiazole rings is 1. The molecule has 1 aromatic heterocycles. The largest absolute Gasteiger partial charge is 0.323 e. The maximum absolute atomic E-state index is 6.04. The summed E-state index contributed by atoms with van der Waals surface area (Å²) in [6.07, 6.45) is 0. The quantitative estimate of drug-likeness (QED) is 0.769. The highest BCUT2D eigenvalue weighted by atomic mass is 35.5. The zero-order valence-corrected chi connectivity index (χ0v) is 11.6. The molecule has 0 spiro atoms. The lowest BCUT2D eigenvalue weighted by atomic mass is 10.3. The zero-order chi connectivity index (χ0) is 10.3. The number of benzene rings is 1. The first-order valence-electron chi connectivity index (χ1n) is 4.32. The monoisotopic (exact) mass is 242 g/mol. The number of rotatable bonds is 1. The van der Waals surface area contributed by atoms with E-state index in [9.17, 15) is 0 Å². The molecular weight excluding hydrogens is 232 g/mol. The van der Waals surface area contributed by atoms with E-state index < -0.39 is 0 Å². The molecule has 2 nitrogen and oxygen atoms in total. The third-order valence-corrected chi connectivity index (χ3v) is 4.35. The molecule has 0 aliphatic carbocycles. The van der Waals surface area contributed by atoms with Gasteiger partial charge in [0.25, 0.3) is 0 Å². The van der Waals surface area contributed by atoms with Crippen LogP contribution < -0.4 is 5.73 Å². The normalized spacial score (nSPS) is 15.9. The summed E-state index contributed by atoms with van der Waals surface area (Å²) in [5.74, 6) is 0. The number of hydrogen-bond acceptors (Lipinski definition) is 3. The molecule has 74 valence electrons.